The third kappa shape index (κ3) is 5.01. The Morgan fingerprint density at radius 3 is 2.55 bits per heavy atom. The lowest BCUT2D eigenvalue weighted by atomic mass is 10.5. The third-order valence-electron chi connectivity index (χ3n) is 2.03. The van der Waals surface area contributed by atoms with E-state index in [0.29, 0.717) is 0 Å². The predicted octanol–water partition coefficient (Wildman–Crippen LogP) is -0.0831. The molecule has 0 saturated heterocycles. The molecule has 0 aliphatic rings. The Morgan fingerprint density at radius 2 is 2.05 bits per heavy atom. The molecule has 0 aromatic carbocycles. The monoisotopic (exact) mass is 296 g/mol. The number of rotatable bonds is 7. The molecule has 1 aromatic rings. The number of aromatic nitrogens is 3. The van der Waals surface area contributed by atoms with Gasteiger partial charge in [0.2, 0.25) is 11.9 Å². The first-order valence-electron chi connectivity index (χ1n) is 5.67. The van der Waals surface area contributed by atoms with Crippen LogP contribution in [-0.4, -0.2) is 52.5 Å². The Kier molecular flexibility index (Phi) is 5.70. The molecule has 0 atom stereocenters. The minimum Gasteiger partial charge on any atom is -0.464 e. The number of hydrogen-bond donors (Lipinski definition) is 3. The van der Waals surface area contributed by atoms with Crippen LogP contribution < -0.4 is 20.9 Å². The van der Waals surface area contributed by atoms with Crippen LogP contribution in [0.15, 0.2) is 0 Å². The van der Waals surface area contributed by atoms with Gasteiger partial charge in [-0.25, -0.2) is 5.84 Å². The summed E-state index contributed by atoms with van der Waals surface area (Å²) < 4.78 is 42.5. The molecule has 0 aliphatic carbocycles. The van der Waals surface area contributed by atoms with E-state index < -0.39 is 19.3 Å². The molecule has 1 rings (SSSR count). The van der Waals surface area contributed by atoms with E-state index in [1.807, 2.05) is 0 Å². The first kappa shape index (κ1) is 16.2. The fraction of sp³-hybridized carbons (Fsp3) is 0.667. The van der Waals surface area contributed by atoms with E-state index >= 15 is 0 Å². The maximum atomic E-state index is 12.5. The number of alkyl halides is 3. The molecule has 0 bridgehead atoms. The summed E-state index contributed by atoms with van der Waals surface area (Å²) in [5, 5.41) is 8.84. The fourth-order valence-corrected chi connectivity index (χ4v) is 1.33. The van der Waals surface area contributed by atoms with Crippen molar-refractivity contribution in [1.29, 1.82) is 0 Å². The number of nitrogens with one attached hydrogen (secondary N) is 1. The van der Waals surface area contributed by atoms with Crippen molar-refractivity contribution in [2.45, 2.75) is 13.1 Å². The summed E-state index contributed by atoms with van der Waals surface area (Å²) in [5.41, 5.74) is 2.11. The molecule has 0 unspecified atom stereocenters. The van der Waals surface area contributed by atoms with E-state index in [0.717, 1.165) is 4.90 Å². The van der Waals surface area contributed by atoms with Crippen molar-refractivity contribution in [2.24, 2.45) is 5.84 Å². The van der Waals surface area contributed by atoms with Crippen LogP contribution >= 0.6 is 0 Å². The zero-order valence-electron chi connectivity index (χ0n) is 10.7. The number of aliphatic hydroxyl groups excluding tert-OH is 1. The summed E-state index contributed by atoms with van der Waals surface area (Å²) >= 11 is 0. The van der Waals surface area contributed by atoms with Crippen molar-refractivity contribution in [2.75, 3.05) is 36.6 Å². The van der Waals surface area contributed by atoms with Gasteiger partial charge in [-0.3, -0.25) is 5.43 Å². The van der Waals surface area contributed by atoms with E-state index in [-0.39, 0.29) is 31.1 Å². The van der Waals surface area contributed by atoms with Gasteiger partial charge in [0, 0.05) is 6.54 Å². The Hall–Kier alpha value is -1.88. The van der Waals surface area contributed by atoms with Crippen LogP contribution in [0.2, 0.25) is 0 Å². The summed E-state index contributed by atoms with van der Waals surface area (Å²) in [4.78, 5) is 11.9. The van der Waals surface area contributed by atoms with E-state index in [4.69, 9.17) is 15.7 Å². The van der Waals surface area contributed by atoms with Crippen molar-refractivity contribution in [3.8, 4) is 6.01 Å². The van der Waals surface area contributed by atoms with Gasteiger partial charge in [0.1, 0.15) is 6.54 Å². The van der Waals surface area contributed by atoms with E-state index in [1.54, 1.807) is 6.92 Å². The second-order valence-corrected chi connectivity index (χ2v) is 3.58. The van der Waals surface area contributed by atoms with Crippen LogP contribution in [0, 0.1) is 0 Å². The maximum Gasteiger partial charge on any atom is 0.406 e. The lowest BCUT2D eigenvalue weighted by molar-refractivity contribution is -0.120. The normalized spacial score (nSPS) is 11.3. The van der Waals surface area contributed by atoms with Crippen molar-refractivity contribution in [1.82, 2.24) is 15.0 Å². The molecule has 8 nitrogen and oxygen atoms in total. The first-order chi connectivity index (χ1) is 9.39. The number of aliphatic hydroxyl groups is 1. The number of hydrazine groups is 1. The molecule has 0 spiro atoms. The quantitative estimate of drug-likeness (QED) is 0.473. The van der Waals surface area contributed by atoms with E-state index in [9.17, 15) is 13.2 Å². The smallest absolute Gasteiger partial charge is 0.406 e. The Bertz CT molecular complexity index is 431. The number of nitrogens with two attached hydrogens (primary N) is 1. The van der Waals surface area contributed by atoms with Gasteiger partial charge in [-0.05, 0) is 6.92 Å². The average molecular weight is 296 g/mol. The molecule has 0 fully saturated rings. The number of anilines is 2. The number of nitrogen functional groups attached to an aromatic ring is 1. The highest BCUT2D eigenvalue weighted by Crippen LogP contribution is 2.21. The highest BCUT2D eigenvalue weighted by Gasteiger charge is 2.32. The molecule has 1 heterocycles. The van der Waals surface area contributed by atoms with Crippen molar-refractivity contribution < 1.29 is 23.0 Å². The van der Waals surface area contributed by atoms with E-state index in [1.165, 1.54) is 0 Å². The van der Waals surface area contributed by atoms with Crippen LogP contribution in [-0.2, 0) is 0 Å². The van der Waals surface area contributed by atoms with Crippen LogP contribution in [0.3, 0.4) is 0 Å². The summed E-state index contributed by atoms with van der Waals surface area (Å²) in [5.74, 6) is 4.71. The Labute approximate surface area is 112 Å². The molecule has 11 heteroatoms. The van der Waals surface area contributed by atoms with E-state index in [2.05, 4.69) is 20.4 Å². The van der Waals surface area contributed by atoms with Gasteiger partial charge < -0.3 is 14.7 Å². The summed E-state index contributed by atoms with van der Waals surface area (Å²) in [6.45, 7) is -0.198. The molecule has 4 N–H and O–H groups in total. The zero-order valence-corrected chi connectivity index (χ0v) is 10.7. The molecule has 1 aromatic heterocycles. The van der Waals surface area contributed by atoms with Gasteiger partial charge in [0.15, 0.2) is 0 Å². The maximum absolute atomic E-state index is 12.5. The average Bonchev–Trinajstić information content (AvgIpc) is 2.36. The largest absolute Gasteiger partial charge is 0.464 e. The van der Waals surface area contributed by atoms with Crippen molar-refractivity contribution in [3.05, 3.63) is 0 Å². The van der Waals surface area contributed by atoms with Gasteiger partial charge in [0.25, 0.3) is 0 Å². The summed E-state index contributed by atoms with van der Waals surface area (Å²) in [6.07, 6.45) is -4.47. The Balaban J connectivity index is 3.07. The molecule has 0 amide bonds. The van der Waals surface area contributed by atoms with Crippen LogP contribution in [0.4, 0.5) is 25.1 Å². The van der Waals surface area contributed by atoms with Gasteiger partial charge in [-0.2, -0.15) is 28.1 Å². The molecule has 0 radical (unpaired) electrons. The van der Waals surface area contributed by atoms with Crippen molar-refractivity contribution in [3.63, 3.8) is 0 Å². The van der Waals surface area contributed by atoms with Crippen LogP contribution in [0.5, 0.6) is 6.01 Å². The highest BCUT2D eigenvalue weighted by atomic mass is 19.4. The second kappa shape index (κ2) is 7.05. The minimum atomic E-state index is -4.47. The van der Waals surface area contributed by atoms with Gasteiger partial charge in [0.05, 0.1) is 13.2 Å². The molecule has 0 aliphatic heterocycles. The molecular formula is C9H15F3N6O2. The predicted molar refractivity (Wildman–Crippen MR) is 64.2 cm³/mol. The van der Waals surface area contributed by atoms with Crippen molar-refractivity contribution >= 4 is 11.9 Å². The van der Waals surface area contributed by atoms with Gasteiger partial charge in [-0.1, -0.05) is 0 Å². The third-order valence-corrected chi connectivity index (χ3v) is 2.03. The van der Waals surface area contributed by atoms with Crippen LogP contribution in [0.25, 0.3) is 0 Å². The number of halogens is 3. The lowest BCUT2D eigenvalue weighted by Crippen LogP contribution is -2.37. The minimum absolute atomic E-state index is 0.136. The zero-order chi connectivity index (χ0) is 15.2. The lowest BCUT2D eigenvalue weighted by Gasteiger charge is -2.23. The molecular weight excluding hydrogens is 281 g/mol. The first-order valence-corrected chi connectivity index (χ1v) is 5.67. The Morgan fingerprint density at radius 1 is 1.35 bits per heavy atom. The number of hydrogen-bond acceptors (Lipinski definition) is 8. The van der Waals surface area contributed by atoms with Gasteiger partial charge in [-0.15, -0.1) is 0 Å². The number of nitrogens with zero attached hydrogens (tertiary/aromatic N) is 4. The second-order valence-electron chi connectivity index (χ2n) is 3.58. The molecule has 0 saturated carbocycles. The fourth-order valence-electron chi connectivity index (χ4n) is 1.33. The topological polar surface area (TPSA) is 109 Å². The SMILES string of the molecule is CCOc1nc(NN)nc(N(CCO)CC(F)(F)F)n1. The summed E-state index contributed by atoms with van der Waals surface area (Å²) in [6, 6.07) is -0.157. The number of ether oxygens (including phenoxy) is 1. The van der Waals surface area contributed by atoms with Gasteiger partial charge >= 0.3 is 12.2 Å². The molecule has 20 heavy (non-hydrogen) atoms. The standard InChI is InChI=1S/C9H15F3N6O2/c1-2-20-8-15-6(17-13)14-7(16-8)18(3-4-19)5-9(10,11)12/h19H,2-5,13H2,1H3,(H,14,15,16,17). The van der Waals surface area contributed by atoms with Crippen LogP contribution in [0.1, 0.15) is 6.92 Å². The summed E-state index contributed by atoms with van der Waals surface area (Å²) in [7, 11) is 0. The molecule has 114 valence electrons. The highest BCUT2D eigenvalue weighted by molar-refractivity contribution is 5.38.